The molecule has 0 atom stereocenters. The first kappa shape index (κ1) is 14.7. The van der Waals surface area contributed by atoms with Crippen molar-refractivity contribution in [1.29, 1.82) is 0 Å². The number of nitrogens with one attached hydrogen (secondary N) is 1. The fraction of sp³-hybridized carbons (Fsp3) is 0.300. The lowest BCUT2D eigenvalue weighted by Crippen LogP contribution is -2.26. The monoisotopic (exact) mass is 291 g/mol. The van der Waals surface area contributed by atoms with Crippen LogP contribution in [0.15, 0.2) is 34.3 Å². The molecule has 0 bridgehead atoms. The summed E-state index contributed by atoms with van der Waals surface area (Å²) in [6, 6.07) is 6.18. The van der Waals surface area contributed by atoms with E-state index in [-0.39, 0.29) is 22.3 Å². The Bertz CT molecular complexity index is 531. The number of nitrogens with two attached hydrogens (primary N) is 1. The zero-order valence-corrected chi connectivity index (χ0v) is 11.1. The Labute approximate surface area is 110 Å². The van der Waals surface area contributed by atoms with Gasteiger partial charge in [-0.15, -0.1) is 0 Å². The van der Waals surface area contributed by atoms with Crippen LogP contribution in [0.5, 0.6) is 0 Å². The number of amidine groups is 1. The van der Waals surface area contributed by atoms with E-state index in [1.807, 2.05) is 0 Å². The molecule has 0 unspecified atom stereocenters. The van der Waals surface area contributed by atoms with E-state index in [1.54, 1.807) is 12.1 Å². The molecular formula is C10H14ClN3O3S. The Balaban J connectivity index is 2.59. The van der Waals surface area contributed by atoms with Crippen molar-refractivity contribution < 1.29 is 13.6 Å². The van der Waals surface area contributed by atoms with Crippen LogP contribution < -0.4 is 10.5 Å². The van der Waals surface area contributed by atoms with Crippen molar-refractivity contribution in [2.75, 3.05) is 6.54 Å². The van der Waals surface area contributed by atoms with E-state index in [9.17, 15) is 8.42 Å². The number of oxime groups is 1. The summed E-state index contributed by atoms with van der Waals surface area (Å²) in [5, 5.41) is 11.3. The maximum Gasteiger partial charge on any atom is 0.242 e. The number of hydrogen-bond acceptors (Lipinski definition) is 4. The minimum Gasteiger partial charge on any atom is -0.409 e. The molecule has 1 aromatic rings. The molecule has 0 aromatic heterocycles. The average molecular weight is 292 g/mol. The van der Waals surface area contributed by atoms with E-state index in [2.05, 4.69) is 9.88 Å². The molecule has 0 spiro atoms. The van der Waals surface area contributed by atoms with Crippen LogP contribution in [0.1, 0.15) is 12.8 Å². The van der Waals surface area contributed by atoms with Crippen LogP contribution in [-0.2, 0) is 10.0 Å². The number of halogens is 1. The normalized spacial score (nSPS) is 12.6. The third-order valence-corrected chi connectivity index (χ3v) is 4.12. The van der Waals surface area contributed by atoms with E-state index in [1.165, 1.54) is 12.1 Å². The molecule has 100 valence electrons. The molecule has 8 heteroatoms. The zero-order chi connectivity index (χ0) is 13.6. The predicted molar refractivity (Wildman–Crippen MR) is 69.3 cm³/mol. The number of nitrogens with zero attached hydrogens (tertiary/aromatic N) is 1. The molecule has 0 aliphatic heterocycles. The minimum absolute atomic E-state index is 0.0375. The Morgan fingerprint density at radius 3 is 2.72 bits per heavy atom. The molecule has 1 aromatic carbocycles. The van der Waals surface area contributed by atoms with Crippen LogP contribution in [0, 0.1) is 0 Å². The Morgan fingerprint density at radius 2 is 2.11 bits per heavy atom. The average Bonchev–Trinajstić information content (AvgIpc) is 2.34. The van der Waals surface area contributed by atoms with E-state index in [4.69, 9.17) is 22.5 Å². The molecule has 4 N–H and O–H groups in total. The van der Waals surface area contributed by atoms with Gasteiger partial charge in [-0.2, -0.15) is 0 Å². The number of benzene rings is 1. The van der Waals surface area contributed by atoms with Gasteiger partial charge in [0, 0.05) is 13.0 Å². The van der Waals surface area contributed by atoms with Crippen LogP contribution in [0.25, 0.3) is 0 Å². The van der Waals surface area contributed by atoms with E-state index in [0.29, 0.717) is 12.8 Å². The largest absolute Gasteiger partial charge is 0.409 e. The summed E-state index contributed by atoms with van der Waals surface area (Å²) >= 11 is 5.80. The molecule has 6 nitrogen and oxygen atoms in total. The second kappa shape index (κ2) is 6.58. The Hall–Kier alpha value is -1.31. The highest BCUT2D eigenvalue weighted by atomic mass is 35.5. The van der Waals surface area contributed by atoms with Crippen molar-refractivity contribution in [1.82, 2.24) is 4.72 Å². The molecule has 1 rings (SSSR count). The highest BCUT2D eigenvalue weighted by molar-refractivity contribution is 7.89. The van der Waals surface area contributed by atoms with Gasteiger partial charge < -0.3 is 10.9 Å². The summed E-state index contributed by atoms with van der Waals surface area (Å²) in [6.45, 7) is 0.184. The summed E-state index contributed by atoms with van der Waals surface area (Å²) in [4.78, 5) is 0.0375. The van der Waals surface area contributed by atoms with Gasteiger partial charge in [-0.25, -0.2) is 13.1 Å². The molecule has 0 aliphatic carbocycles. The quantitative estimate of drug-likeness (QED) is 0.240. The second-order valence-corrected chi connectivity index (χ2v) is 5.67. The first-order valence-electron chi connectivity index (χ1n) is 5.18. The highest BCUT2D eigenvalue weighted by Gasteiger charge is 2.16. The minimum atomic E-state index is -3.62. The van der Waals surface area contributed by atoms with Crippen LogP contribution in [0.4, 0.5) is 0 Å². The fourth-order valence-electron chi connectivity index (χ4n) is 1.27. The van der Waals surface area contributed by atoms with Gasteiger partial charge in [-0.05, 0) is 18.6 Å². The summed E-state index contributed by atoms with van der Waals surface area (Å²) in [5.41, 5.74) is 5.26. The summed E-state index contributed by atoms with van der Waals surface area (Å²) in [6.07, 6.45) is 0.737. The highest BCUT2D eigenvalue weighted by Crippen LogP contribution is 2.19. The topological polar surface area (TPSA) is 105 Å². The van der Waals surface area contributed by atoms with E-state index >= 15 is 0 Å². The predicted octanol–water partition coefficient (Wildman–Crippen LogP) is 1.14. The molecule has 18 heavy (non-hydrogen) atoms. The summed E-state index contributed by atoms with van der Waals surface area (Å²) < 4.78 is 26.1. The maximum atomic E-state index is 11.9. The zero-order valence-electron chi connectivity index (χ0n) is 9.51. The van der Waals surface area contributed by atoms with Gasteiger partial charge in [0.05, 0.1) is 5.02 Å². The smallest absolute Gasteiger partial charge is 0.242 e. The third-order valence-electron chi connectivity index (χ3n) is 2.16. The summed E-state index contributed by atoms with van der Waals surface area (Å²) in [5.74, 6) is 0.0620. The fourth-order valence-corrected chi connectivity index (χ4v) is 2.86. The van der Waals surface area contributed by atoms with Gasteiger partial charge in [0.2, 0.25) is 10.0 Å². The van der Waals surface area contributed by atoms with Crippen molar-refractivity contribution in [3.63, 3.8) is 0 Å². The molecule has 0 fully saturated rings. The summed E-state index contributed by atoms with van der Waals surface area (Å²) in [7, 11) is -3.62. The first-order valence-corrected chi connectivity index (χ1v) is 7.04. The van der Waals surface area contributed by atoms with Gasteiger partial charge >= 0.3 is 0 Å². The van der Waals surface area contributed by atoms with Crippen molar-refractivity contribution in [3.05, 3.63) is 29.3 Å². The molecule has 0 radical (unpaired) electrons. The third kappa shape index (κ3) is 4.17. The lowest BCUT2D eigenvalue weighted by Gasteiger charge is -2.07. The van der Waals surface area contributed by atoms with Crippen molar-refractivity contribution in [2.45, 2.75) is 17.7 Å². The second-order valence-electron chi connectivity index (χ2n) is 3.52. The van der Waals surface area contributed by atoms with Crippen LogP contribution >= 0.6 is 11.6 Å². The van der Waals surface area contributed by atoms with Crippen molar-refractivity contribution in [2.24, 2.45) is 10.9 Å². The van der Waals surface area contributed by atoms with Crippen LogP contribution in [0.2, 0.25) is 5.02 Å². The van der Waals surface area contributed by atoms with Gasteiger partial charge in [0.15, 0.2) is 0 Å². The Morgan fingerprint density at radius 1 is 1.44 bits per heavy atom. The number of rotatable bonds is 6. The van der Waals surface area contributed by atoms with Gasteiger partial charge in [0.1, 0.15) is 10.7 Å². The molecule has 0 saturated heterocycles. The first-order chi connectivity index (χ1) is 8.47. The van der Waals surface area contributed by atoms with Crippen molar-refractivity contribution in [3.8, 4) is 0 Å². The maximum absolute atomic E-state index is 11.9. The molecule has 0 aliphatic rings. The van der Waals surface area contributed by atoms with Crippen LogP contribution in [0.3, 0.4) is 0 Å². The number of sulfonamides is 1. The van der Waals surface area contributed by atoms with Gasteiger partial charge in [-0.1, -0.05) is 28.9 Å². The molecular weight excluding hydrogens is 278 g/mol. The van der Waals surface area contributed by atoms with Gasteiger partial charge in [-0.3, -0.25) is 0 Å². The van der Waals surface area contributed by atoms with E-state index < -0.39 is 10.0 Å². The number of hydrogen-bond donors (Lipinski definition) is 3. The molecule has 0 heterocycles. The van der Waals surface area contributed by atoms with Crippen molar-refractivity contribution >= 4 is 27.5 Å². The van der Waals surface area contributed by atoms with Crippen LogP contribution in [-0.4, -0.2) is 26.0 Å². The van der Waals surface area contributed by atoms with Gasteiger partial charge in [0.25, 0.3) is 0 Å². The molecule has 0 amide bonds. The Kier molecular flexibility index (Phi) is 5.39. The SMILES string of the molecule is NC(CCCNS(=O)(=O)c1ccccc1Cl)=NO. The van der Waals surface area contributed by atoms with E-state index in [0.717, 1.165) is 0 Å². The molecule has 0 saturated carbocycles. The lowest BCUT2D eigenvalue weighted by molar-refractivity contribution is 0.316. The lowest BCUT2D eigenvalue weighted by atomic mass is 10.3. The standard InChI is InChI=1S/C10H14ClN3O3S/c11-8-4-1-2-5-9(8)18(16,17)13-7-3-6-10(12)14-15/h1-2,4-5,13,15H,3,6-7H2,(H2,12,14).